The van der Waals surface area contributed by atoms with Crippen LogP contribution in [0.25, 0.3) is 0 Å². The van der Waals surface area contributed by atoms with Gasteiger partial charge in [-0.25, -0.2) is 13.2 Å². The molecule has 0 aromatic heterocycles. The van der Waals surface area contributed by atoms with Gasteiger partial charge in [-0.2, -0.15) is 0 Å². The Balaban J connectivity index is 1.71. The molecule has 0 fully saturated rings. The number of benzene rings is 3. The minimum atomic E-state index is -3.96. The summed E-state index contributed by atoms with van der Waals surface area (Å²) in [5, 5.41) is 0.396. The largest absolute Gasteiger partial charge is 0.452 e. The molecular weight excluding hydrogens is 440 g/mol. The summed E-state index contributed by atoms with van der Waals surface area (Å²) in [6.07, 6.45) is 0. The molecule has 7 nitrogen and oxygen atoms in total. The smallest absolute Gasteiger partial charge is 0.340 e. The fourth-order valence-corrected chi connectivity index (χ4v) is 3.87. The van der Waals surface area contributed by atoms with Crippen molar-refractivity contribution in [3.63, 3.8) is 0 Å². The summed E-state index contributed by atoms with van der Waals surface area (Å²) >= 11 is 5.80. The van der Waals surface area contributed by atoms with Crippen LogP contribution in [0.4, 0.5) is 11.4 Å². The SMILES string of the molecule is CN(C(=O)COC(=O)c1ccccc1NS(=O)(=O)c1ccc(Cl)cc1)c1ccccc1. The molecule has 1 amide bonds. The molecule has 160 valence electrons. The number of likely N-dealkylation sites (N-methyl/N-ethyl adjacent to an activating group) is 1. The number of hydrogen-bond acceptors (Lipinski definition) is 5. The molecule has 9 heteroatoms. The van der Waals surface area contributed by atoms with Gasteiger partial charge >= 0.3 is 5.97 Å². The maximum Gasteiger partial charge on any atom is 0.340 e. The third-order valence-corrected chi connectivity index (χ3v) is 5.99. The minimum absolute atomic E-state index is 0.0141. The highest BCUT2D eigenvalue weighted by atomic mass is 35.5. The van der Waals surface area contributed by atoms with Gasteiger partial charge in [0.1, 0.15) is 0 Å². The molecule has 0 spiro atoms. The molecule has 0 bridgehead atoms. The summed E-state index contributed by atoms with van der Waals surface area (Å²) in [6, 6.07) is 20.5. The van der Waals surface area contributed by atoms with E-state index in [9.17, 15) is 18.0 Å². The summed E-state index contributed by atoms with van der Waals surface area (Å²) in [5.74, 6) is -1.26. The number of amides is 1. The van der Waals surface area contributed by atoms with Crippen LogP contribution >= 0.6 is 11.6 Å². The Morgan fingerprint density at radius 2 is 1.55 bits per heavy atom. The first kappa shape index (κ1) is 22.3. The van der Waals surface area contributed by atoms with E-state index in [1.165, 1.54) is 41.3 Å². The van der Waals surface area contributed by atoms with Crippen LogP contribution in [0.5, 0.6) is 0 Å². The van der Waals surface area contributed by atoms with Crippen molar-refractivity contribution in [3.8, 4) is 0 Å². The van der Waals surface area contributed by atoms with Gasteiger partial charge in [-0.05, 0) is 48.5 Å². The summed E-state index contributed by atoms with van der Waals surface area (Å²) in [7, 11) is -2.39. The van der Waals surface area contributed by atoms with Gasteiger partial charge in [0, 0.05) is 17.8 Å². The summed E-state index contributed by atoms with van der Waals surface area (Å²) in [5.41, 5.74) is 0.668. The number of halogens is 1. The number of para-hydroxylation sites is 2. The zero-order valence-electron chi connectivity index (χ0n) is 16.5. The molecule has 0 saturated heterocycles. The summed E-state index contributed by atoms with van der Waals surface area (Å²) in [6.45, 7) is -0.498. The van der Waals surface area contributed by atoms with E-state index in [1.807, 2.05) is 6.07 Å². The molecule has 0 unspecified atom stereocenters. The van der Waals surface area contributed by atoms with E-state index in [4.69, 9.17) is 16.3 Å². The van der Waals surface area contributed by atoms with E-state index in [-0.39, 0.29) is 16.1 Å². The van der Waals surface area contributed by atoms with Gasteiger partial charge in [-0.3, -0.25) is 9.52 Å². The van der Waals surface area contributed by atoms with E-state index in [1.54, 1.807) is 43.4 Å². The number of rotatable bonds is 7. The van der Waals surface area contributed by atoms with Crippen LogP contribution in [-0.2, 0) is 19.6 Å². The van der Waals surface area contributed by atoms with Crippen LogP contribution in [0.15, 0.2) is 83.8 Å². The second-order valence-corrected chi connectivity index (χ2v) is 8.59. The van der Waals surface area contributed by atoms with E-state index >= 15 is 0 Å². The minimum Gasteiger partial charge on any atom is -0.452 e. The van der Waals surface area contributed by atoms with Gasteiger partial charge in [0.2, 0.25) is 0 Å². The first-order valence-corrected chi connectivity index (χ1v) is 11.0. The van der Waals surface area contributed by atoms with Crippen LogP contribution in [0.3, 0.4) is 0 Å². The van der Waals surface area contributed by atoms with Crippen LogP contribution in [0.1, 0.15) is 10.4 Å². The van der Waals surface area contributed by atoms with Crippen molar-refractivity contribution in [1.29, 1.82) is 0 Å². The zero-order chi connectivity index (χ0) is 22.4. The molecule has 3 rings (SSSR count). The quantitative estimate of drug-likeness (QED) is 0.541. The van der Waals surface area contributed by atoms with E-state index in [0.29, 0.717) is 10.7 Å². The van der Waals surface area contributed by atoms with Crippen molar-refractivity contribution in [2.24, 2.45) is 0 Å². The number of nitrogens with zero attached hydrogens (tertiary/aromatic N) is 1. The standard InChI is InChI=1S/C22H19ClN2O5S/c1-25(17-7-3-2-4-8-17)21(26)15-30-22(27)19-9-5-6-10-20(19)24-31(28,29)18-13-11-16(23)12-14-18/h2-14,24H,15H2,1H3. The average molecular weight is 459 g/mol. The highest BCUT2D eigenvalue weighted by molar-refractivity contribution is 7.92. The molecule has 0 heterocycles. The van der Waals surface area contributed by atoms with E-state index < -0.39 is 28.5 Å². The van der Waals surface area contributed by atoms with Gasteiger partial charge in [0.25, 0.3) is 15.9 Å². The maximum absolute atomic E-state index is 12.6. The summed E-state index contributed by atoms with van der Waals surface area (Å²) in [4.78, 5) is 26.2. The average Bonchev–Trinajstić information content (AvgIpc) is 2.77. The van der Waals surface area contributed by atoms with Gasteiger partial charge in [-0.1, -0.05) is 41.9 Å². The number of anilines is 2. The van der Waals surface area contributed by atoms with Crippen LogP contribution in [-0.4, -0.2) is 33.9 Å². The third-order valence-electron chi connectivity index (χ3n) is 4.36. The van der Waals surface area contributed by atoms with Crippen LogP contribution in [0.2, 0.25) is 5.02 Å². The molecule has 0 aliphatic rings. The lowest BCUT2D eigenvalue weighted by molar-refractivity contribution is -0.121. The normalized spacial score (nSPS) is 10.9. The van der Waals surface area contributed by atoms with Gasteiger partial charge in [-0.15, -0.1) is 0 Å². The zero-order valence-corrected chi connectivity index (χ0v) is 18.1. The third kappa shape index (κ3) is 5.62. The molecule has 3 aromatic carbocycles. The monoisotopic (exact) mass is 458 g/mol. The van der Waals surface area contributed by atoms with Crippen LogP contribution < -0.4 is 9.62 Å². The molecule has 1 N–H and O–H groups in total. The maximum atomic E-state index is 12.6. The molecule has 0 saturated carbocycles. The van der Waals surface area contributed by atoms with Gasteiger partial charge in [0.05, 0.1) is 16.1 Å². The Morgan fingerprint density at radius 1 is 0.935 bits per heavy atom. The van der Waals surface area contributed by atoms with Gasteiger partial charge < -0.3 is 9.64 Å². The predicted molar refractivity (Wildman–Crippen MR) is 119 cm³/mol. The van der Waals surface area contributed by atoms with Crippen molar-refractivity contribution in [3.05, 3.63) is 89.4 Å². The topological polar surface area (TPSA) is 92.8 Å². The highest BCUT2D eigenvalue weighted by Crippen LogP contribution is 2.22. The van der Waals surface area contributed by atoms with Crippen molar-refractivity contribution < 1.29 is 22.7 Å². The van der Waals surface area contributed by atoms with Crippen molar-refractivity contribution in [2.45, 2.75) is 4.90 Å². The van der Waals surface area contributed by atoms with Gasteiger partial charge in [0.15, 0.2) is 6.61 Å². The Kier molecular flexibility index (Phi) is 6.94. The number of esters is 1. The lowest BCUT2D eigenvalue weighted by atomic mass is 10.2. The number of carbonyl (C=O) groups excluding carboxylic acids is 2. The lowest BCUT2D eigenvalue weighted by Gasteiger charge is -2.17. The number of carbonyl (C=O) groups is 2. The molecule has 0 radical (unpaired) electrons. The number of ether oxygens (including phenoxy) is 1. The molecular formula is C22H19ClN2O5S. The molecule has 0 aliphatic carbocycles. The Bertz CT molecular complexity index is 1180. The Hall–Kier alpha value is -3.36. The number of hydrogen-bond donors (Lipinski definition) is 1. The molecule has 0 aliphatic heterocycles. The number of nitrogens with one attached hydrogen (secondary N) is 1. The van der Waals surface area contributed by atoms with E-state index in [0.717, 1.165) is 0 Å². The molecule has 31 heavy (non-hydrogen) atoms. The first-order chi connectivity index (χ1) is 14.8. The second kappa shape index (κ2) is 9.63. The Labute approximate surface area is 185 Å². The van der Waals surface area contributed by atoms with Crippen molar-refractivity contribution in [2.75, 3.05) is 23.3 Å². The summed E-state index contributed by atoms with van der Waals surface area (Å²) < 4.78 is 32.8. The predicted octanol–water partition coefficient (Wildman–Crippen LogP) is 3.96. The van der Waals surface area contributed by atoms with E-state index in [2.05, 4.69) is 4.72 Å². The fourth-order valence-electron chi connectivity index (χ4n) is 2.67. The first-order valence-electron chi connectivity index (χ1n) is 9.14. The highest BCUT2D eigenvalue weighted by Gasteiger charge is 2.21. The van der Waals surface area contributed by atoms with Crippen molar-refractivity contribution in [1.82, 2.24) is 0 Å². The Morgan fingerprint density at radius 3 is 2.23 bits per heavy atom. The molecule has 3 aromatic rings. The van der Waals surface area contributed by atoms with Crippen LogP contribution in [0, 0.1) is 0 Å². The molecule has 0 atom stereocenters. The lowest BCUT2D eigenvalue weighted by Crippen LogP contribution is -2.31. The van der Waals surface area contributed by atoms with Crippen molar-refractivity contribution >= 4 is 44.9 Å². The fraction of sp³-hybridized carbons (Fsp3) is 0.0909. The second-order valence-electron chi connectivity index (χ2n) is 6.47. The number of sulfonamides is 1.